The molecule has 6 nitrogen and oxygen atoms in total. The second-order valence-corrected chi connectivity index (χ2v) is 10.6. The topological polar surface area (TPSA) is 81.5 Å². The highest BCUT2D eigenvalue weighted by Gasteiger charge is 2.39. The normalized spacial score (nSPS) is 17.8. The second-order valence-electron chi connectivity index (χ2n) is 8.68. The SMILES string of the molecule is N#Cc1ccccc1S(=O)(=O)N1CCC(C(=O)N(Cc2ccc(C(F)(F)F)cc2)C2CC2)CC1. The van der Waals surface area contributed by atoms with Crippen LogP contribution in [0.3, 0.4) is 0 Å². The van der Waals surface area contributed by atoms with E-state index in [1.807, 2.05) is 6.07 Å². The Labute approximate surface area is 196 Å². The zero-order chi connectivity index (χ0) is 24.5. The van der Waals surface area contributed by atoms with E-state index in [1.165, 1.54) is 28.6 Å². The Morgan fingerprint density at radius 2 is 1.65 bits per heavy atom. The van der Waals surface area contributed by atoms with Gasteiger partial charge < -0.3 is 4.90 Å². The number of rotatable bonds is 6. The summed E-state index contributed by atoms with van der Waals surface area (Å²) in [6, 6.07) is 12.8. The van der Waals surface area contributed by atoms with Crippen LogP contribution in [0.15, 0.2) is 53.4 Å². The highest BCUT2D eigenvalue weighted by molar-refractivity contribution is 7.89. The third kappa shape index (κ3) is 5.10. The third-order valence-electron chi connectivity index (χ3n) is 6.33. The summed E-state index contributed by atoms with van der Waals surface area (Å²) >= 11 is 0. The zero-order valence-electron chi connectivity index (χ0n) is 18.3. The van der Waals surface area contributed by atoms with Crippen LogP contribution in [0.4, 0.5) is 13.2 Å². The van der Waals surface area contributed by atoms with Crippen molar-refractivity contribution in [3.63, 3.8) is 0 Å². The summed E-state index contributed by atoms with van der Waals surface area (Å²) in [5.74, 6) is -0.440. The first-order valence-corrected chi connectivity index (χ1v) is 12.5. The van der Waals surface area contributed by atoms with Crippen molar-refractivity contribution in [2.75, 3.05) is 13.1 Å². The van der Waals surface area contributed by atoms with Crippen LogP contribution in [0.5, 0.6) is 0 Å². The van der Waals surface area contributed by atoms with Crippen molar-refractivity contribution in [1.29, 1.82) is 5.26 Å². The quantitative estimate of drug-likeness (QED) is 0.608. The molecule has 0 unspecified atom stereocenters. The molecule has 34 heavy (non-hydrogen) atoms. The second kappa shape index (κ2) is 9.39. The molecule has 0 N–H and O–H groups in total. The summed E-state index contributed by atoms with van der Waals surface area (Å²) in [6.45, 7) is 0.560. The predicted molar refractivity (Wildman–Crippen MR) is 118 cm³/mol. The van der Waals surface area contributed by atoms with Gasteiger partial charge in [-0.25, -0.2) is 8.42 Å². The zero-order valence-corrected chi connectivity index (χ0v) is 19.1. The molecule has 1 saturated carbocycles. The number of hydrogen-bond acceptors (Lipinski definition) is 4. The smallest absolute Gasteiger partial charge is 0.335 e. The van der Waals surface area contributed by atoms with Crippen LogP contribution in [0.2, 0.25) is 0 Å². The van der Waals surface area contributed by atoms with Crippen LogP contribution in [0.1, 0.15) is 42.4 Å². The summed E-state index contributed by atoms with van der Waals surface area (Å²) in [5, 5.41) is 9.25. The first-order valence-electron chi connectivity index (χ1n) is 11.1. The summed E-state index contributed by atoms with van der Waals surface area (Å²) in [7, 11) is -3.85. The Balaban J connectivity index is 1.42. The van der Waals surface area contributed by atoms with E-state index in [0.717, 1.165) is 25.0 Å². The molecule has 0 spiro atoms. The van der Waals surface area contributed by atoms with Crippen molar-refractivity contribution in [3.05, 3.63) is 65.2 Å². The summed E-state index contributed by atoms with van der Waals surface area (Å²) < 4.78 is 65.9. The maximum Gasteiger partial charge on any atom is 0.416 e. The lowest BCUT2D eigenvalue weighted by Gasteiger charge is -2.34. The van der Waals surface area contributed by atoms with Crippen LogP contribution < -0.4 is 0 Å². The summed E-state index contributed by atoms with van der Waals surface area (Å²) in [5.41, 5.74) is -0.0226. The Morgan fingerprint density at radius 3 is 2.21 bits per heavy atom. The van der Waals surface area contributed by atoms with Crippen molar-refractivity contribution in [2.45, 2.75) is 49.3 Å². The van der Waals surface area contributed by atoms with Crippen molar-refractivity contribution in [3.8, 4) is 6.07 Å². The molecule has 0 atom stereocenters. The third-order valence-corrected chi connectivity index (χ3v) is 8.29. The van der Waals surface area contributed by atoms with Gasteiger partial charge in [-0.3, -0.25) is 4.79 Å². The molecule has 1 heterocycles. The molecule has 1 aliphatic carbocycles. The highest BCUT2D eigenvalue weighted by Crippen LogP contribution is 2.34. The van der Waals surface area contributed by atoms with Crippen molar-refractivity contribution < 1.29 is 26.4 Å². The van der Waals surface area contributed by atoms with Gasteiger partial charge >= 0.3 is 6.18 Å². The van der Waals surface area contributed by atoms with E-state index in [2.05, 4.69) is 0 Å². The van der Waals surface area contributed by atoms with Gasteiger partial charge in [-0.1, -0.05) is 24.3 Å². The first kappa shape index (κ1) is 24.2. The monoisotopic (exact) mass is 491 g/mol. The lowest BCUT2D eigenvalue weighted by atomic mass is 9.96. The number of hydrogen-bond donors (Lipinski definition) is 0. The molecule has 1 amide bonds. The van der Waals surface area contributed by atoms with Crippen LogP contribution >= 0.6 is 0 Å². The summed E-state index contributed by atoms with van der Waals surface area (Å²) in [6.07, 6.45) is -2.01. The molecule has 180 valence electrons. The molecule has 0 radical (unpaired) electrons. The molecule has 2 aromatic carbocycles. The van der Waals surface area contributed by atoms with Gasteiger partial charge in [0.25, 0.3) is 0 Å². The van der Waals surface area contributed by atoms with Gasteiger partial charge in [0.2, 0.25) is 15.9 Å². The molecule has 1 saturated heterocycles. The van der Waals surface area contributed by atoms with E-state index in [1.54, 1.807) is 17.0 Å². The Morgan fingerprint density at radius 1 is 1.03 bits per heavy atom. The van der Waals surface area contributed by atoms with Crippen LogP contribution in [-0.2, 0) is 27.5 Å². The molecular formula is C24H24F3N3O3S. The number of halogens is 3. The lowest BCUT2D eigenvalue weighted by molar-refractivity contribution is -0.139. The predicted octanol–water partition coefficient (Wildman–Crippen LogP) is 4.17. The van der Waals surface area contributed by atoms with Crippen molar-refractivity contribution in [1.82, 2.24) is 9.21 Å². The van der Waals surface area contributed by atoms with Gasteiger partial charge in [0, 0.05) is 31.6 Å². The molecular weight excluding hydrogens is 467 g/mol. The summed E-state index contributed by atoms with van der Waals surface area (Å²) in [4.78, 5) is 15.0. The van der Waals surface area contributed by atoms with Gasteiger partial charge in [0.1, 0.15) is 6.07 Å². The van der Waals surface area contributed by atoms with E-state index in [-0.39, 0.29) is 48.0 Å². The number of carbonyl (C=O) groups excluding carboxylic acids is 1. The van der Waals surface area contributed by atoms with Gasteiger partial charge in [-0.05, 0) is 55.5 Å². The maximum absolute atomic E-state index is 13.3. The van der Waals surface area contributed by atoms with Gasteiger partial charge in [-0.15, -0.1) is 0 Å². The van der Waals surface area contributed by atoms with E-state index in [9.17, 15) is 31.6 Å². The average Bonchev–Trinajstić information content (AvgIpc) is 3.67. The number of amides is 1. The molecule has 2 aliphatic rings. The molecule has 4 rings (SSSR count). The standard InChI is InChI=1S/C24H24F3N3O3S/c25-24(26,27)20-7-5-17(6-8-20)16-30(21-9-10-21)23(31)18-11-13-29(14-12-18)34(32,33)22-4-2-1-3-19(22)15-28/h1-8,18,21H,9-14,16H2. The maximum atomic E-state index is 13.3. The minimum atomic E-state index is -4.41. The molecule has 0 bridgehead atoms. The number of alkyl halides is 3. The number of nitrogens with zero attached hydrogens (tertiary/aromatic N) is 3. The van der Waals surface area contributed by atoms with E-state index in [4.69, 9.17) is 0 Å². The van der Waals surface area contributed by atoms with Crippen molar-refractivity contribution >= 4 is 15.9 Å². The number of sulfonamides is 1. The number of carbonyl (C=O) groups is 1. The Kier molecular flexibility index (Phi) is 6.69. The average molecular weight is 492 g/mol. The minimum absolute atomic E-state index is 0.0378. The first-order chi connectivity index (χ1) is 16.1. The number of nitriles is 1. The number of piperidine rings is 1. The largest absolute Gasteiger partial charge is 0.416 e. The fraction of sp³-hybridized carbons (Fsp3) is 0.417. The molecule has 2 aromatic rings. The lowest BCUT2D eigenvalue weighted by Crippen LogP contribution is -2.45. The molecule has 1 aliphatic heterocycles. The van der Waals surface area contributed by atoms with Gasteiger partial charge in [-0.2, -0.15) is 22.7 Å². The fourth-order valence-electron chi connectivity index (χ4n) is 4.27. The number of benzene rings is 2. The highest BCUT2D eigenvalue weighted by atomic mass is 32.2. The Bertz CT molecular complexity index is 1190. The molecule has 10 heteroatoms. The van der Waals surface area contributed by atoms with Crippen LogP contribution in [0, 0.1) is 17.2 Å². The van der Waals surface area contributed by atoms with Gasteiger partial charge in [0.05, 0.1) is 16.0 Å². The minimum Gasteiger partial charge on any atom is -0.335 e. The van der Waals surface area contributed by atoms with Crippen molar-refractivity contribution in [2.24, 2.45) is 5.92 Å². The Hall–Kier alpha value is -2.90. The van der Waals surface area contributed by atoms with E-state index in [0.29, 0.717) is 18.4 Å². The van der Waals surface area contributed by atoms with E-state index >= 15 is 0 Å². The molecule has 0 aromatic heterocycles. The molecule has 2 fully saturated rings. The van der Waals surface area contributed by atoms with Crippen LogP contribution in [0.25, 0.3) is 0 Å². The van der Waals surface area contributed by atoms with Gasteiger partial charge in [0.15, 0.2) is 0 Å². The van der Waals surface area contributed by atoms with Crippen LogP contribution in [-0.4, -0.2) is 42.7 Å². The fourth-order valence-corrected chi connectivity index (χ4v) is 5.88. The van der Waals surface area contributed by atoms with E-state index < -0.39 is 21.8 Å².